The molecule has 0 aliphatic carbocycles. The van der Waals surface area contributed by atoms with Gasteiger partial charge in [-0.2, -0.15) is 0 Å². The van der Waals surface area contributed by atoms with Gasteiger partial charge in [-0.15, -0.1) is 0 Å². The summed E-state index contributed by atoms with van der Waals surface area (Å²) in [6.45, 7) is 9.73. The van der Waals surface area contributed by atoms with Gasteiger partial charge in [0.1, 0.15) is 0 Å². The summed E-state index contributed by atoms with van der Waals surface area (Å²) in [5.74, 6) is 0. The molecule has 1 rings (SSSR count). The summed E-state index contributed by atoms with van der Waals surface area (Å²) in [6.07, 6.45) is 0. The quantitative estimate of drug-likeness (QED) is 0.793. The lowest BCUT2D eigenvalue weighted by Crippen LogP contribution is -2.30. The van der Waals surface area contributed by atoms with E-state index in [0.717, 1.165) is 30.3 Å². The molecule has 4 heteroatoms. The van der Waals surface area contributed by atoms with E-state index in [0.29, 0.717) is 12.6 Å². The molecule has 0 saturated heterocycles. The number of rotatable bonds is 8. The largest absolute Gasteiger partial charge is 0.383 e. The molecule has 0 amide bonds. The van der Waals surface area contributed by atoms with Crippen molar-refractivity contribution in [3.05, 3.63) is 28.8 Å². The normalized spacial score (nSPS) is 11.1. The second-order valence-electron chi connectivity index (χ2n) is 4.86. The highest BCUT2D eigenvalue weighted by molar-refractivity contribution is 6.33. The molecule has 0 aliphatic rings. The molecule has 3 nitrogen and oxygen atoms in total. The Hall–Kier alpha value is -0.770. The Labute approximate surface area is 121 Å². The molecule has 1 aromatic carbocycles. The van der Waals surface area contributed by atoms with E-state index in [1.807, 2.05) is 12.1 Å². The minimum atomic E-state index is 0.459. The highest BCUT2D eigenvalue weighted by Crippen LogP contribution is 2.29. The molecule has 0 heterocycles. The lowest BCUT2D eigenvalue weighted by molar-refractivity contribution is 0.205. The molecule has 108 valence electrons. The number of halogens is 1. The van der Waals surface area contributed by atoms with Gasteiger partial charge in [-0.05, 0) is 18.6 Å². The van der Waals surface area contributed by atoms with Crippen molar-refractivity contribution >= 4 is 17.3 Å². The van der Waals surface area contributed by atoms with Gasteiger partial charge >= 0.3 is 0 Å². The molecule has 0 aromatic heterocycles. The number of likely N-dealkylation sites (N-methyl/N-ethyl adjacent to an activating group) is 1. The summed E-state index contributed by atoms with van der Waals surface area (Å²) >= 11 is 6.39. The summed E-state index contributed by atoms with van der Waals surface area (Å²) in [7, 11) is 1.72. The van der Waals surface area contributed by atoms with E-state index in [9.17, 15) is 0 Å². The van der Waals surface area contributed by atoms with E-state index in [4.69, 9.17) is 16.3 Å². The van der Waals surface area contributed by atoms with Crippen LogP contribution in [0.5, 0.6) is 0 Å². The van der Waals surface area contributed by atoms with Gasteiger partial charge in [-0.1, -0.05) is 37.6 Å². The molecular formula is C15H25ClN2O. The lowest BCUT2D eigenvalue weighted by Gasteiger charge is -2.27. The third-order valence-electron chi connectivity index (χ3n) is 3.03. The first-order chi connectivity index (χ1) is 9.10. The molecule has 0 unspecified atom stereocenters. The standard InChI is InChI=1S/C15H25ClN2O/c1-5-18(9-10-19-4)15-13(11-17-12(2)3)7-6-8-14(15)16/h6-8,12,17H,5,9-11H2,1-4H3. The number of nitrogens with zero attached hydrogens (tertiary/aromatic N) is 1. The molecule has 0 saturated carbocycles. The molecule has 19 heavy (non-hydrogen) atoms. The highest BCUT2D eigenvalue weighted by atomic mass is 35.5. The van der Waals surface area contributed by atoms with Crippen LogP contribution in [0, 0.1) is 0 Å². The Balaban J connectivity index is 2.94. The second-order valence-corrected chi connectivity index (χ2v) is 5.26. The van der Waals surface area contributed by atoms with Crippen molar-refractivity contribution < 1.29 is 4.74 Å². The molecule has 0 aliphatic heterocycles. The first kappa shape index (κ1) is 16.3. The Kier molecular flexibility index (Phi) is 7.21. The van der Waals surface area contributed by atoms with Gasteiger partial charge < -0.3 is 15.0 Å². The molecule has 0 fully saturated rings. The lowest BCUT2D eigenvalue weighted by atomic mass is 10.1. The van der Waals surface area contributed by atoms with E-state index in [-0.39, 0.29) is 0 Å². The van der Waals surface area contributed by atoms with Crippen LogP contribution in [0.25, 0.3) is 0 Å². The molecule has 1 aromatic rings. The fourth-order valence-corrected chi connectivity index (χ4v) is 2.31. The number of para-hydroxylation sites is 1. The highest BCUT2D eigenvalue weighted by Gasteiger charge is 2.13. The predicted molar refractivity (Wildman–Crippen MR) is 83.2 cm³/mol. The van der Waals surface area contributed by atoms with Crippen LogP contribution < -0.4 is 10.2 Å². The van der Waals surface area contributed by atoms with Crippen molar-refractivity contribution in [3.63, 3.8) is 0 Å². The van der Waals surface area contributed by atoms with E-state index in [1.165, 1.54) is 5.56 Å². The number of nitrogens with one attached hydrogen (secondary N) is 1. The van der Waals surface area contributed by atoms with Crippen molar-refractivity contribution in [2.45, 2.75) is 33.4 Å². The first-order valence-electron chi connectivity index (χ1n) is 6.84. The zero-order valence-corrected chi connectivity index (χ0v) is 13.1. The third-order valence-corrected chi connectivity index (χ3v) is 3.34. The average molecular weight is 285 g/mol. The van der Waals surface area contributed by atoms with E-state index in [2.05, 4.69) is 37.1 Å². The van der Waals surface area contributed by atoms with E-state index in [1.54, 1.807) is 7.11 Å². The number of methoxy groups -OCH3 is 1. The maximum Gasteiger partial charge on any atom is 0.0642 e. The molecule has 0 radical (unpaired) electrons. The maximum atomic E-state index is 6.39. The third kappa shape index (κ3) is 5.01. The predicted octanol–water partition coefficient (Wildman–Crippen LogP) is 3.31. The van der Waals surface area contributed by atoms with Crippen molar-refractivity contribution in [3.8, 4) is 0 Å². The smallest absolute Gasteiger partial charge is 0.0642 e. The van der Waals surface area contributed by atoms with Gasteiger partial charge in [0.2, 0.25) is 0 Å². The van der Waals surface area contributed by atoms with Gasteiger partial charge in [0.05, 0.1) is 17.3 Å². The van der Waals surface area contributed by atoms with Gasteiger partial charge in [0.25, 0.3) is 0 Å². The molecule has 0 atom stereocenters. The monoisotopic (exact) mass is 284 g/mol. The molecule has 0 spiro atoms. The first-order valence-corrected chi connectivity index (χ1v) is 7.22. The summed E-state index contributed by atoms with van der Waals surface area (Å²) in [4.78, 5) is 2.27. The summed E-state index contributed by atoms with van der Waals surface area (Å²) < 4.78 is 5.17. The van der Waals surface area contributed by atoms with Crippen molar-refractivity contribution in [1.29, 1.82) is 0 Å². The Morgan fingerprint density at radius 2 is 2.11 bits per heavy atom. The molecular weight excluding hydrogens is 260 g/mol. The maximum absolute atomic E-state index is 6.39. The Bertz CT molecular complexity index is 382. The van der Waals surface area contributed by atoms with Gasteiger partial charge in [-0.25, -0.2) is 0 Å². The number of ether oxygens (including phenoxy) is 1. The fourth-order valence-electron chi connectivity index (χ4n) is 2.00. The second kappa shape index (κ2) is 8.41. The van der Waals surface area contributed by atoms with Crippen molar-refractivity contribution in [1.82, 2.24) is 5.32 Å². The van der Waals surface area contributed by atoms with Crippen LogP contribution in [-0.2, 0) is 11.3 Å². The molecule has 1 N–H and O–H groups in total. The minimum Gasteiger partial charge on any atom is -0.383 e. The van der Waals surface area contributed by atoms with Gasteiger partial charge in [-0.3, -0.25) is 0 Å². The van der Waals surface area contributed by atoms with Crippen molar-refractivity contribution in [2.75, 3.05) is 31.7 Å². The van der Waals surface area contributed by atoms with E-state index < -0.39 is 0 Å². The van der Waals surface area contributed by atoms with E-state index >= 15 is 0 Å². The summed E-state index contributed by atoms with van der Waals surface area (Å²) in [5, 5.41) is 4.25. The number of benzene rings is 1. The minimum absolute atomic E-state index is 0.459. The zero-order valence-electron chi connectivity index (χ0n) is 12.4. The van der Waals surface area contributed by atoms with Crippen LogP contribution in [0.3, 0.4) is 0 Å². The Morgan fingerprint density at radius 3 is 2.68 bits per heavy atom. The van der Waals surface area contributed by atoms with Crippen LogP contribution in [0.15, 0.2) is 18.2 Å². The van der Waals surface area contributed by atoms with Gasteiger partial charge in [0, 0.05) is 32.8 Å². The fraction of sp³-hybridized carbons (Fsp3) is 0.600. The van der Waals surface area contributed by atoms with Crippen LogP contribution in [0.4, 0.5) is 5.69 Å². The SMILES string of the molecule is CCN(CCOC)c1c(Cl)cccc1CNC(C)C. The number of hydrogen-bond donors (Lipinski definition) is 1. The van der Waals surface area contributed by atoms with Gasteiger partial charge in [0.15, 0.2) is 0 Å². The summed E-state index contributed by atoms with van der Waals surface area (Å²) in [6, 6.07) is 6.55. The Morgan fingerprint density at radius 1 is 1.37 bits per heavy atom. The van der Waals surface area contributed by atoms with Crippen molar-refractivity contribution in [2.24, 2.45) is 0 Å². The molecule has 0 bridgehead atoms. The zero-order chi connectivity index (χ0) is 14.3. The topological polar surface area (TPSA) is 24.5 Å². The van der Waals surface area contributed by atoms with Crippen LogP contribution in [-0.4, -0.2) is 32.8 Å². The number of hydrogen-bond acceptors (Lipinski definition) is 3. The number of anilines is 1. The average Bonchev–Trinajstić information content (AvgIpc) is 2.39. The van der Waals surface area contributed by atoms with Crippen LogP contribution in [0.1, 0.15) is 26.3 Å². The van der Waals surface area contributed by atoms with Crippen LogP contribution >= 0.6 is 11.6 Å². The van der Waals surface area contributed by atoms with Crippen LogP contribution in [0.2, 0.25) is 5.02 Å². The summed E-state index contributed by atoms with van der Waals surface area (Å²) in [5.41, 5.74) is 2.36.